The number of aryl methyl sites for hydroxylation is 2. The fourth-order valence-electron chi connectivity index (χ4n) is 1.78. The molecule has 2 aromatic rings. The average Bonchev–Trinajstić information content (AvgIpc) is 2.59. The van der Waals surface area contributed by atoms with E-state index in [0.717, 1.165) is 26.6 Å². The topological polar surface area (TPSA) is 56.7 Å². The summed E-state index contributed by atoms with van der Waals surface area (Å²) >= 11 is 5.13. The standard InChI is InChI=1S/C12H15BrN4S/c1-8-9(5-6-14)12(17(2)16-8)18-11-10(13)4-3-7-15-11/h3-4,7H,5-6,14H2,1-2H3. The van der Waals surface area contributed by atoms with Gasteiger partial charge in [0.25, 0.3) is 0 Å². The summed E-state index contributed by atoms with van der Waals surface area (Å²) in [6.07, 6.45) is 2.63. The Morgan fingerprint density at radius 3 is 2.94 bits per heavy atom. The molecule has 0 aliphatic heterocycles. The van der Waals surface area contributed by atoms with Crippen LogP contribution in [0.25, 0.3) is 0 Å². The van der Waals surface area contributed by atoms with Gasteiger partial charge in [0, 0.05) is 18.8 Å². The minimum atomic E-state index is 0.628. The van der Waals surface area contributed by atoms with E-state index in [1.165, 1.54) is 5.56 Å². The summed E-state index contributed by atoms with van der Waals surface area (Å²) in [5.41, 5.74) is 7.91. The predicted octanol–water partition coefficient (Wildman–Crippen LogP) is 2.54. The smallest absolute Gasteiger partial charge is 0.116 e. The first kappa shape index (κ1) is 13.6. The Bertz CT molecular complexity index is 553. The number of pyridine rings is 1. The molecule has 6 heteroatoms. The quantitative estimate of drug-likeness (QED) is 0.938. The fraction of sp³-hybridized carbons (Fsp3) is 0.333. The maximum absolute atomic E-state index is 5.66. The highest BCUT2D eigenvalue weighted by molar-refractivity contribution is 9.10. The van der Waals surface area contributed by atoms with Gasteiger partial charge in [-0.05, 0) is 59.7 Å². The largest absolute Gasteiger partial charge is 0.330 e. The van der Waals surface area contributed by atoms with Crippen molar-refractivity contribution in [3.63, 3.8) is 0 Å². The zero-order valence-electron chi connectivity index (χ0n) is 10.4. The van der Waals surface area contributed by atoms with Gasteiger partial charge in [0.2, 0.25) is 0 Å². The van der Waals surface area contributed by atoms with Crippen molar-refractivity contribution >= 4 is 27.7 Å². The van der Waals surface area contributed by atoms with Crippen LogP contribution in [0, 0.1) is 6.92 Å². The lowest BCUT2D eigenvalue weighted by Crippen LogP contribution is -2.04. The molecule has 0 aromatic carbocycles. The number of rotatable bonds is 4. The third kappa shape index (κ3) is 2.76. The Morgan fingerprint density at radius 2 is 2.28 bits per heavy atom. The molecule has 0 saturated carbocycles. The zero-order chi connectivity index (χ0) is 13.1. The van der Waals surface area contributed by atoms with Gasteiger partial charge in [-0.1, -0.05) is 0 Å². The van der Waals surface area contributed by atoms with Crippen LogP contribution >= 0.6 is 27.7 Å². The lowest BCUT2D eigenvalue weighted by Gasteiger charge is -2.06. The molecule has 4 nitrogen and oxygen atoms in total. The number of hydrogen-bond donors (Lipinski definition) is 1. The van der Waals surface area contributed by atoms with Crippen LogP contribution in [0.3, 0.4) is 0 Å². The van der Waals surface area contributed by atoms with Gasteiger partial charge in [-0.3, -0.25) is 4.68 Å². The van der Waals surface area contributed by atoms with Crippen molar-refractivity contribution in [2.24, 2.45) is 12.8 Å². The molecule has 2 rings (SSSR count). The van der Waals surface area contributed by atoms with E-state index in [2.05, 4.69) is 26.0 Å². The Morgan fingerprint density at radius 1 is 1.50 bits per heavy atom. The number of halogens is 1. The summed E-state index contributed by atoms with van der Waals surface area (Å²) < 4.78 is 2.89. The summed E-state index contributed by atoms with van der Waals surface area (Å²) in [5, 5.41) is 6.50. The molecule has 2 N–H and O–H groups in total. The molecule has 0 amide bonds. The van der Waals surface area contributed by atoms with E-state index >= 15 is 0 Å². The van der Waals surface area contributed by atoms with E-state index in [1.54, 1.807) is 18.0 Å². The van der Waals surface area contributed by atoms with Gasteiger partial charge in [0.05, 0.1) is 10.2 Å². The van der Waals surface area contributed by atoms with E-state index in [1.807, 2.05) is 30.8 Å². The van der Waals surface area contributed by atoms with Crippen LogP contribution in [0.15, 0.2) is 32.9 Å². The lowest BCUT2D eigenvalue weighted by molar-refractivity contribution is 0.687. The molecule has 2 heterocycles. The van der Waals surface area contributed by atoms with Crippen molar-refractivity contribution in [2.75, 3.05) is 6.54 Å². The van der Waals surface area contributed by atoms with Crippen LogP contribution in [0.4, 0.5) is 0 Å². The first-order chi connectivity index (χ1) is 8.63. The Balaban J connectivity index is 2.37. The first-order valence-electron chi connectivity index (χ1n) is 5.64. The van der Waals surface area contributed by atoms with Crippen molar-refractivity contribution in [3.05, 3.63) is 34.1 Å². The fourth-order valence-corrected chi connectivity index (χ4v) is 3.28. The highest BCUT2D eigenvalue weighted by Crippen LogP contribution is 2.34. The van der Waals surface area contributed by atoms with Gasteiger partial charge >= 0.3 is 0 Å². The third-order valence-electron chi connectivity index (χ3n) is 2.60. The second kappa shape index (κ2) is 5.86. The molecule has 0 saturated heterocycles. The van der Waals surface area contributed by atoms with Crippen molar-refractivity contribution in [3.8, 4) is 0 Å². The van der Waals surface area contributed by atoms with Gasteiger partial charge in [-0.25, -0.2) is 4.98 Å². The number of nitrogens with zero attached hydrogens (tertiary/aromatic N) is 3. The second-order valence-corrected chi connectivity index (χ2v) is 5.76. The Labute approximate surface area is 119 Å². The zero-order valence-corrected chi connectivity index (χ0v) is 12.8. The molecule has 0 unspecified atom stereocenters. The molecule has 18 heavy (non-hydrogen) atoms. The number of nitrogens with two attached hydrogens (primary N) is 1. The second-order valence-electron chi connectivity index (χ2n) is 3.92. The van der Waals surface area contributed by atoms with Gasteiger partial charge in [0.1, 0.15) is 10.1 Å². The SMILES string of the molecule is Cc1nn(C)c(Sc2ncccc2Br)c1CCN. The molecule has 96 valence electrons. The highest BCUT2D eigenvalue weighted by atomic mass is 79.9. The Hall–Kier alpha value is -0.850. The molecule has 0 aliphatic carbocycles. The van der Waals surface area contributed by atoms with Crippen LogP contribution in [-0.2, 0) is 13.5 Å². The van der Waals surface area contributed by atoms with Crippen molar-refractivity contribution in [2.45, 2.75) is 23.4 Å². The van der Waals surface area contributed by atoms with Gasteiger partial charge < -0.3 is 5.73 Å². The van der Waals surface area contributed by atoms with E-state index < -0.39 is 0 Å². The van der Waals surface area contributed by atoms with Crippen LogP contribution < -0.4 is 5.73 Å². The molecule has 2 aromatic heterocycles. The highest BCUT2D eigenvalue weighted by Gasteiger charge is 2.15. The third-order valence-corrected chi connectivity index (χ3v) is 4.73. The maximum Gasteiger partial charge on any atom is 0.116 e. The molecule has 0 aliphatic rings. The number of aromatic nitrogens is 3. The molecule has 0 spiro atoms. The van der Waals surface area contributed by atoms with Crippen molar-refractivity contribution < 1.29 is 0 Å². The maximum atomic E-state index is 5.66. The van der Waals surface area contributed by atoms with Crippen molar-refractivity contribution in [1.29, 1.82) is 0 Å². The minimum absolute atomic E-state index is 0.628. The molecular formula is C12H15BrN4S. The molecule has 0 atom stereocenters. The summed E-state index contributed by atoms with van der Waals surface area (Å²) in [7, 11) is 1.95. The molecule has 0 radical (unpaired) electrons. The first-order valence-corrected chi connectivity index (χ1v) is 7.25. The minimum Gasteiger partial charge on any atom is -0.330 e. The predicted molar refractivity (Wildman–Crippen MR) is 76.8 cm³/mol. The van der Waals surface area contributed by atoms with Crippen LogP contribution in [0.2, 0.25) is 0 Å². The van der Waals surface area contributed by atoms with Crippen LogP contribution in [0.1, 0.15) is 11.3 Å². The summed E-state index contributed by atoms with van der Waals surface area (Å²) in [6, 6.07) is 3.89. The Kier molecular flexibility index (Phi) is 4.42. The molecule has 0 fully saturated rings. The van der Waals surface area contributed by atoms with Crippen LogP contribution in [0.5, 0.6) is 0 Å². The van der Waals surface area contributed by atoms with Gasteiger partial charge in [0.15, 0.2) is 0 Å². The molecular weight excluding hydrogens is 312 g/mol. The van der Waals surface area contributed by atoms with E-state index in [0.29, 0.717) is 6.54 Å². The average molecular weight is 327 g/mol. The summed E-state index contributed by atoms with van der Waals surface area (Å²) in [4.78, 5) is 4.37. The summed E-state index contributed by atoms with van der Waals surface area (Å²) in [6.45, 7) is 2.64. The van der Waals surface area contributed by atoms with E-state index in [9.17, 15) is 0 Å². The van der Waals surface area contributed by atoms with Crippen LogP contribution in [-0.4, -0.2) is 21.3 Å². The normalized spacial score (nSPS) is 10.9. The molecule has 0 bridgehead atoms. The van der Waals surface area contributed by atoms with Crippen molar-refractivity contribution in [1.82, 2.24) is 14.8 Å². The van der Waals surface area contributed by atoms with Gasteiger partial charge in [-0.15, -0.1) is 0 Å². The van der Waals surface area contributed by atoms with E-state index in [4.69, 9.17) is 5.73 Å². The van der Waals surface area contributed by atoms with E-state index in [-0.39, 0.29) is 0 Å². The lowest BCUT2D eigenvalue weighted by atomic mass is 10.2. The summed E-state index contributed by atoms with van der Waals surface area (Å²) in [5.74, 6) is 0. The van der Waals surface area contributed by atoms with Gasteiger partial charge in [-0.2, -0.15) is 5.10 Å². The monoisotopic (exact) mass is 326 g/mol. The number of hydrogen-bond acceptors (Lipinski definition) is 4.